The maximum Gasteiger partial charge on any atom is 0.251 e. The highest BCUT2D eigenvalue weighted by Gasteiger charge is 2.23. The van der Waals surface area contributed by atoms with E-state index in [-0.39, 0.29) is 36.8 Å². The van der Waals surface area contributed by atoms with Gasteiger partial charge in [-0.25, -0.2) is 0 Å². The number of anilines is 1. The lowest BCUT2D eigenvalue weighted by atomic mass is 10.0. The maximum atomic E-state index is 12.6. The summed E-state index contributed by atoms with van der Waals surface area (Å²) in [5.41, 5.74) is 9.19. The van der Waals surface area contributed by atoms with Crippen molar-refractivity contribution in [3.63, 3.8) is 0 Å². The van der Waals surface area contributed by atoms with Gasteiger partial charge in [-0.3, -0.25) is 9.69 Å². The van der Waals surface area contributed by atoms with Crippen LogP contribution in [0.5, 0.6) is 0 Å². The molecule has 1 saturated heterocycles. The van der Waals surface area contributed by atoms with Gasteiger partial charge in [-0.1, -0.05) is 36.4 Å². The molecule has 0 bridgehead atoms. The van der Waals surface area contributed by atoms with E-state index in [9.17, 15) is 4.79 Å². The van der Waals surface area contributed by atoms with E-state index in [1.807, 2.05) is 37.3 Å². The molecule has 1 aliphatic rings. The lowest BCUT2D eigenvalue weighted by Gasteiger charge is -2.35. The van der Waals surface area contributed by atoms with Gasteiger partial charge in [-0.2, -0.15) is 0 Å². The van der Waals surface area contributed by atoms with E-state index in [0.29, 0.717) is 17.8 Å². The van der Waals surface area contributed by atoms with Crippen molar-refractivity contribution in [3.8, 4) is 0 Å². The van der Waals surface area contributed by atoms with Crippen LogP contribution in [-0.4, -0.2) is 43.7 Å². The van der Waals surface area contributed by atoms with Gasteiger partial charge in [-0.15, -0.1) is 24.8 Å². The first-order valence-electron chi connectivity index (χ1n) is 8.66. The van der Waals surface area contributed by atoms with Crippen LogP contribution in [0.4, 0.5) is 5.69 Å². The number of nitrogens with zero attached hydrogens (tertiary/aromatic N) is 1. The van der Waals surface area contributed by atoms with Crippen LogP contribution >= 0.6 is 24.8 Å². The molecule has 148 valence electrons. The second-order valence-electron chi connectivity index (χ2n) is 6.36. The quantitative estimate of drug-likeness (QED) is 0.741. The van der Waals surface area contributed by atoms with Crippen molar-refractivity contribution in [2.24, 2.45) is 0 Å². The van der Waals surface area contributed by atoms with Crippen molar-refractivity contribution in [1.82, 2.24) is 10.2 Å². The van der Waals surface area contributed by atoms with Crippen LogP contribution in [0.15, 0.2) is 48.5 Å². The number of carbonyl (C=O) groups is 1. The lowest BCUT2D eigenvalue weighted by Crippen LogP contribution is -2.43. The maximum absolute atomic E-state index is 12.6. The first kappa shape index (κ1) is 23.2. The predicted molar refractivity (Wildman–Crippen MR) is 114 cm³/mol. The Morgan fingerprint density at radius 2 is 1.81 bits per heavy atom. The number of morpholine rings is 1. The molecule has 0 radical (unpaired) electrons. The predicted octanol–water partition coefficient (Wildman–Crippen LogP) is 3.22. The van der Waals surface area contributed by atoms with E-state index >= 15 is 0 Å². The molecular formula is C20H27Cl2N3O2. The Hall–Kier alpha value is -1.79. The van der Waals surface area contributed by atoms with E-state index in [1.165, 1.54) is 5.56 Å². The summed E-state index contributed by atoms with van der Waals surface area (Å²) >= 11 is 0. The molecule has 0 aromatic heterocycles. The molecule has 2 aromatic rings. The average Bonchev–Trinajstić information content (AvgIpc) is 2.65. The first-order chi connectivity index (χ1) is 12.1. The molecule has 1 unspecified atom stereocenters. The van der Waals surface area contributed by atoms with Crippen molar-refractivity contribution in [2.75, 3.05) is 38.6 Å². The monoisotopic (exact) mass is 411 g/mol. The van der Waals surface area contributed by atoms with Gasteiger partial charge in [0.2, 0.25) is 0 Å². The lowest BCUT2D eigenvalue weighted by molar-refractivity contribution is 0.0162. The number of rotatable bonds is 5. The van der Waals surface area contributed by atoms with Gasteiger partial charge in [0, 0.05) is 30.9 Å². The number of hydrogen-bond acceptors (Lipinski definition) is 4. The summed E-state index contributed by atoms with van der Waals surface area (Å²) in [6, 6.07) is 15.9. The van der Waals surface area contributed by atoms with Crippen LogP contribution in [-0.2, 0) is 4.74 Å². The van der Waals surface area contributed by atoms with Crippen molar-refractivity contribution >= 4 is 36.4 Å². The molecule has 3 rings (SSSR count). The fraction of sp³-hybridized carbons (Fsp3) is 0.350. The molecule has 1 atom stereocenters. The fourth-order valence-electron chi connectivity index (χ4n) is 3.19. The van der Waals surface area contributed by atoms with E-state index in [4.69, 9.17) is 10.5 Å². The van der Waals surface area contributed by atoms with Crippen LogP contribution in [0.1, 0.15) is 27.5 Å². The highest BCUT2D eigenvalue weighted by Crippen LogP contribution is 2.21. The second-order valence-corrected chi connectivity index (χ2v) is 6.36. The van der Waals surface area contributed by atoms with Crippen molar-refractivity contribution < 1.29 is 9.53 Å². The number of ether oxygens (including phenoxy) is 1. The zero-order valence-electron chi connectivity index (χ0n) is 15.4. The van der Waals surface area contributed by atoms with Crippen molar-refractivity contribution in [3.05, 3.63) is 65.2 Å². The molecule has 1 amide bonds. The van der Waals surface area contributed by atoms with E-state index in [0.717, 1.165) is 31.9 Å². The zero-order valence-corrected chi connectivity index (χ0v) is 17.0. The molecule has 5 nitrogen and oxygen atoms in total. The second kappa shape index (κ2) is 11.1. The molecule has 0 saturated carbocycles. The summed E-state index contributed by atoms with van der Waals surface area (Å²) in [6.07, 6.45) is 0. The molecule has 2 aromatic carbocycles. The smallest absolute Gasteiger partial charge is 0.251 e. The largest absolute Gasteiger partial charge is 0.399 e. The molecule has 1 aliphatic heterocycles. The number of carbonyl (C=O) groups excluding carboxylic acids is 1. The average molecular weight is 412 g/mol. The van der Waals surface area contributed by atoms with Gasteiger partial charge < -0.3 is 15.8 Å². The highest BCUT2D eigenvalue weighted by molar-refractivity contribution is 5.96. The van der Waals surface area contributed by atoms with Gasteiger partial charge in [0.05, 0.1) is 19.3 Å². The van der Waals surface area contributed by atoms with E-state index in [2.05, 4.69) is 22.3 Å². The molecule has 27 heavy (non-hydrogen) atoms. The number of aryl methyl sites for hydroxylation is 1. The third-order valence-corrected chi connectivity index (χ3v) is 4.63. The van der Waals surface area contributed by atoms with Gasteiger partial charge in [-0.05, 0) is 30.2 Å². The minimum absolute atomic E-state index is 0. The number of halogens is 2. The fourth-order valence-corrected chi connectivity index (χ4v) is 3.19. The zero-order chi connectivity index (χ0) is 17.6. The molecule has 0 spiro atoms. The number of benzene rings is 2. The summed E-state index contributed by atoms with van der Waals surface area (Å²) in [5.74, 6) is -0.0843. The number of hydrogen-bond donors (Lipinski definition) is 2. The van der Waals surface area contributed by atoms with Gasteiger partial charge in [0.25, 0.3) is 5.91 Å². The normalized spacial score (nSPS) is 15.1. The van der Waals surface area contributed by atoms with Crippen LogP contribution in [0.25, 0.3) is 0 Å². The van der Waals surface area contributed by atoms with Crippen molar-refractivity contribution in [1.29, 1.82) is 0 Å². The molecule has 1 fully saturated rings. The number of nitrogens with two attached hydrogens (primary N) is 1. The van der Waals surface area contributed by atoms with E-state index < -0.39 is 0 Å². The Kier molecular flexibility index (Phi) is 9.60. The Morgan fingerprint density at radius 3 is 2.48 bits per heavy atom. The first-order valence-corrected chi connectivity index (χ1v) is 8.66. The minimum atomic E-state index is -0.0843. The van der Waals surface area contributed by atoms with Crippen LogP contribution in [0, 0.1) is 6.92 Å². The molecule has 7 heteroatoms. The topological polar surface area (TPSA) is 67.6 Å². The third kappa shape index (κ3) is 6.11. The summed E-state index contributed by atoms with van der Waals surface area (Å²) < 4.78 is 5.47. The van der Waals surface area contributed by atoms with Crippen molar-refractivity contribution in [2.45, 2.75) is 13.0 Å². The van der Waals surface area contributed by atoms with Gasteiger partial charge >= 0.3 is 0 Å². The van der Waals surface area contributed by atoms with Gasteiger partial charge in [0.1, 0.15) is 0 Å². The Bertz CT molecular complexity index is 722. The summed E-state index contributed by atoms with van der Waals surface area (Å²) in [5, 5.41) is 3.09. The highest BCUT2D eigenvalue weighted by atomic mass is 35.5. The standard InChI is InChI=1S/C20H25N3O2.2ClH/c1-15-7-8-17(21)13-18(15)20(24)22-14-19(16-5-3-2-4-6-16)23-9-11-25-12-10-23;;/h2-8,13,19H,9-12,14,21H2,1H3,(H,22,24);2*1H. The van der Waals surface area contributed by atoms with Gasteiger partial charge in [0.15, 0.2) is 0 Å². The molecule has 1 heterocycles. The SMILES string of the molecule is Cc1ccc(N)cc1C(=O)NCC(c1ccccc1)N1CCOCC1.Cl.Cl. The Balaban J connectivity index is 0.00000182. The Morgan fingerprint density at radius 1 is 1.15 bits per heavy atom. The summed E-state index contributed by atoms with van der Waals surface area (Å²) in [6.45, 7) is 5.67. The molecule has 3 N–H and O–H groups in total. The molecular weight excluding hydrogens is 385 g/mol. The van der Waals surface area contributed by atoms with Crippen LogP contribution in [0.3, 0.4) is 0 Å². The minimum Gasteiger partial charge on any atom is -0.399 e. The number of nitrogen functional groups attached to an aromatic ring is 1. The molecule has 0 aliphatic carbocycles. The summed E-state index contributed by atoms with van der Waals surface area (Å²) in [4.78, 5) is 15.0. The number of nitrogens with one attached hydrogen (secondary N) is 1. The van der Waals surface area contributed by atoms with E-state index in [1.54, 1.807) is 6.07 Å². The van der Waals surface area contributed by atoms with Crippen LogP contribution < -0.4 is 11.1 Å². The summed E-state index contributed by atoms with van der Waals surface area (Å²) in [7, 11) is 0. The number of amides is 1. The third-order valence-electron chi connectivity index (χ3n) is 4.63. The van der Waals surface area contributed by atoms with Crippen LogP contribution in [0.2, 0.25) is 0 Å². The Labute approximate surface area is 173 Å².